The topological polar surface area (TPSA) is 86.8 Å². The van der Waals surface area contributed by atoms with Gasteiger partial charge in [0.15, 0.2) is 0 Å². The third kappa shape index (κ3) is 8.33. The molecule has 2 aromatic rings. The number of amides is 2. The first-order valence-corrected chi connectivity index (χ1v) is 13.7. The van der Waals surface area contributed by atoms with Crippen LogP contribution >= 0.6 is 11.6 Å². The molecule has 0 fully saturated rings. The lowest BCUT2D eigenvalue weighted by molar-refractivity contribution is -0.140. The summed E-state index contributed by atoms with van der Waals surface area (Å²) < 4.78 is 26.0. The normalized spacial score (nSPS) is 12.1. The summed E-state index contributed by atoms with van der Waals surface area (Å²) in [5, 5.41) is 3.33. The molecule has 186 valence electrons. The molecular weight excluding hydrogens is 474 g/mol. The van der Waals surface area contributed by atoms with E-state index < -0.39 is 16.1 Å². The van der Waals surface area contributed by atoms with Crippen molar-refractivity contribution < 1.29 is 18.0 Å². The molecule has 2 amide bonds. The van der Waals surface area contributed by atoms with Gasteiger partial charge in [0.1, 0.15) is 6.04 Å². The van der Waals surface area contributed by atoms with E-state index in [1.807, 2.05) is 44.2 Å². The molecule has 0 heterocycles. The molecule has 0 aliphatic carbocycles. The van der Waals surface area contributed by atoms with Crippen molar-refractivity contribution in [2.45, 2.75) is 45.6 Å². The molecule has 7 nitrogen and oxygen atoms in total. The van der Waals surface area contributed by atoms with Crippen LogP contribution in [0.4, 0.5) is 5.69 Å². The van der Waals surface area contributed by atoms with Gasteiger partial charge in [-0.15, -0.1) is 0 Å². The zero-order chi connectivity index (χ0) is 25.1. The summed E-state index contributed by atoms with van der Waals surface area (Å²) in [5.74, 6) is -0.344. The van der Waals surface area contributed by atoms with Crippen molar-refractivity contribution in [1.82, 2.24) is 10.2 Å². The molecule has 0 bridgehead atoms. The van der Waals surface area contributed by atoms with Gasteiger partial charge in [0, 0.05) is 31.1 Å². The van der Waals surface area contributed by atoms with Crippen LogP contribution in [-0.4, -0.2) is 57.1 Å². The Hall–Kier alpha value is -2.58. The lowest BCUT2D eigenvalue weighted by Gasteiger charge is -2.31. The molecule has 34 heavy (non-hydrogen) atoms. The van der Waals surface area contributed by atoms with Gasteiger partial charge in [-0.05, 0) is 56.0 Å². The molecule has 0 saturated heterocycles. The monoisotopic (exact) mass is 507 g/mol. The molecule has 0 saturated carbocycles. The summed E-state index contributed by atoms with van der Waals surface area (Å²) in [6.07, 6.45) is 2.71. The highest BCUT2D eigenvalue weighted by molar-refractivity contribution is 7.92. The number of anilines is 1. The second-order valence-electron chi connectivity index (χ2n) is 8.06. The van der Waals surface area contributed by atoms with E-state index >= 15 is 0 Å². The average Bonchev–Trinajstić information content (AvgIpc) is 2.80. The minimum Gasteiger partial charge on any atom is -0.355 e. The highest BCUT2D eigenvalue weighted by atomic mass is 35.5. The predicted octanol–water partition coefficient (Wildman–Crippen LogP) is 3.87. The van der Waals surface area contributed by atoms with Gasteiger partial charge in [0.2, 0.25) is 21.8 Å². The molecule has 9 heteroatoms. The largest absolute Gasteiger partial charge is 0.355 e. The van der Waals surface area contributed by atoms with E-state index in [0.717, 1.165) is 11.8 Å². The summed E-state index contributed by atoms with van der Waals surface area (Å²) in [6, 6.07) is 15.8. The Morgan fingerprint density at radius 1 is 1.00 bits per heavy atom. The van der Waals surface area contributed by atoms with E-state index in [2.05, 4.69) is 5.32 Å². The quantitative estimate of drug-likeness (QED) is 0.446. The van der Waals surface area contributed by atoms with E-state index in [0.29, 0.717) is 43.1 Å². The van der Waals surface area contributed by atoms with Crippen molar-refractivity contribution in [3.05, 3.63) is 65.2 Å². The first-order chi connectivity index (χ1) is 16.2. The lowest BCUT2D eigenvalue weighted by atomic mass is 10.1. The molecule has 2 aromatic carbocycles. The number of carbonyl (C=O) groups excluding carboxylic acids is 2. The molecule has 2 rings (SSSR count). The van der Waals surface area contributed by atoms with Crippen LogP contribution < -0.4 is 9.62 Å². The van der Waals surface area contributed by atoms with E-state index in [-0.39, 0.29) is 24.8 Å². The van der Waals surface area contributed by atoms with E-state index in [1.165, 1.54) is 4.31 Å². The van der Waals surface area contributed by atoms with Gasteiger partial charge in [-0.25, -0.2) is 8.42 Å². The zero-order valence-corrected chi connectivity index (χ0v) is 21.6. The number of sulfonamides is 1. The second-order valence-corrected chi connectivity index (χ2v) is 10.4. The molecule has 0 aliphatic heterocycles. The number of nitrogens with one attached hydrogen (secondary N) is 1. The van der Waals surface area contributed by atoms with E-state index in [4.69, 9.17) is 11.6 Å². The molecule has 0 aromatic heterocycles. The first-order valence-electron chi connectivity index (χ1n) is 11.5. The standard InChI is InChI=1S/C25H34ClN3O4S/c1-4-23(25(31)27-5-2)28(19-17-20-10-7-6-8-11-20)24(30)12-9-18-29(34(3,32)33)22-15-13-21(26)14-16-22/h6-8,10-11,13-16,23H,4-5,9,12,17-19H2,1-3H3,(H,27,31). The number of halogens is 1. The molecule has 0 spiro atoms. The summed E-state index contributed by atoms with van der Waals surface area (Å²) in [7, 11) is -3.54. The van der Waals surface area contributed by atoms with Gasteiger partial charge >= 0.3 is 0 Å². The maximum absolute atomic E-state index is 13.2. The highest BCUT2D eigenvalue weighted by Crippen LogP contribution is 2.21. The maximum atomic E-state index is 13.2. The van der Waals surface area contributed by atoms with Crippen molar-refractivity contribution in [2.24, 2.45) is 0 Å². The lowest BCUT2D eigenvalue weighted by Crippen LogP contribution is -2.50. The minimum absolute atomic E-state index is 0.129. The van der Waals surface area contributed by atoms with Gasteiger partial charge in [-0.2, -0.15) is 0 Å². The Bertz CT molecular complexity index is 1030. The fraction of sp³-hybridized carbons (Fsp3) is 0.440. The van der Waals surface area contributed by atoms with Gasteiger partial charge in [0.25, 0.3) is 0 Å². The van der Waals surface area contributed by atoms with Crippen molar-refractivity contribution >= 4 is 39.1 Å². The second kappa shape index (κ2) is 13.3. The number of benzene rings is 2. The fourth-order valence-corrected chi connectivity index (χ4v) is 4.89. The summed E-state index contributed by atoms with van der Waals surface area (Å²) in [5.41, 5.74) is 1.58. The van der Waals surface area contributed by atoms with E-state index in [9.17, 15) is 18.0 Å². The van der Waals surface area contributed by atoms with Crippen LogP contribution in [0.15, 0.2) is 54.6 Å². The SMILES string of the molecule is CCNC(=O)C(CC)N(CCc1ccccc1)C(=O)CCCN(c1ccc(Cl)cc1)S(C)(=O)=O. The number of likely N-dealkylation sites (N-methyl/N-ethyl adjacent to an activating group) is 1. The smallest absolute Gasteiger partial charge is 0.242 e. The Labute approximate surface area is 208 Å². The summed E-state index contributed by atoms with van der Waals surface area (Å²) >= 11 is 5.93. The summed E-state index contributed by atoms with van der Waals surface area (Å²) in [4.78, 5) is 27.5. The molecule has 0 aliphatic rings. The van der Waals surface area contributed by atoms with Gasteiger partial charge < -0.3 is 10.2 Å². The fourth-order valence-electron chi connectivity index (χ4n) is 3.80. The number of carbonyl (C=O) groups is 2. The Morgan fingerprint density at radius 3 is 2.21 bits per heavy atom. The number of rotatable bonds is 13. The van der Waals surface area contributed by atoms with Gasteiger partial charge in [-0.1, -0.05) is 48.9 Å². The van der Waals surface area contributed by atoms with Crippen LogP contribution in [0.2, 0.25) is 5.02 Å². The van der Waals surface area contributed by atoms with Crippen LogP contribution in [0.3, 0.4) is 0 Å². The third-order valence-electron chi connectivity index (χ3n) is 5.49. The van der Waals surface area contributed by atoms with Crippen LogP contribution in [0, 0.1) is 0 Å². The van der Waals surface area contributed by atoms with Crippen molar-refractivity contribution in [3.8, 4) is 0 Å². The molecular formula is C25H34ClN3O4S. The van der Waals surface area contributed by atoms with Crippen LogP contribution in [0.25, 0.3) is 0 Å². The van der Waals surface area contributed by atoms with Crippen LogP contribution in [0.5, 0.6) is 0 Å². The maximum Gasteiger partial charge on any atom is 0.242 e. The molecule has 1 unspecified atom stereocenters. The summed E-state index contributed by atoms with van der Waals surface area (Å²) in [6.45, 7) is 4.77. The molecule has 1 N–H and O–H groups in total. The highest BCUT2D eigenvalue weighted by Gasteiger charge is 2.28. The van der Waals surface area contributed by atoms with Crippen LogP contribution in [0.1, 0.15) is 38.7 Å². The average molecular weight is 508 g/mol. The van der Waals surface area contributed by atoms with E-state index in [1.54, 1.807) is 29.2 Å². The van der Waals surface area contributed by atoms with Crippen LogP contribution in [-0.2, 0) is 26.0 Å². The number of hydrogen-bond acceptors (Lipinski definition) is 4. The number of hydrogen-bond donors (Lipinski definition) is 1. The van der Waals surface area contributed by atoms with Gasteiger partial charge in [0.05, 0.1) is 11.9 Å². The van der Waals surface area contributed by atoms with Crippen molar-refractivity contribution in [2.75, 3.05) is 30.2 Å². The molecule has 1 atom stereocenters. The molecule has 0 radical (unpaired) electrons. The van der Waals surface area contributed by atoms with Crippen molar-refractivity contribution in [1.29, 1.82) is 0 Å². The van der Waals surface area contributed by atoms with Crippen molar-refractivity contribution in [3.63, 3.8) is 0 Å². The minimum atomic E-state index is -3.54. The Kier molecular flexibility index (Phi) is 10.9. The Balaban J connectivity index is 2.12. The Morgan fingerprint density at radius 2 is 1.65 bits per heavy atom. The predicted molar refractivity (Wildman–Crippen MR) is 137 cm³/mol. The third-order valence-corrected chi connectivity index (χ3v) is 6.93. The van der Waals surface area contributed by atoms with Gasteiger partial charge in [-0.3, -0.25) is 13.9 Å². The zero-order valence-electron chi connectivity index (χ0n) is 20.0. The number of nitrogens with zero attached hydrogens (tertiary/aromatic N) is 2. The first kappa shape index (κ1) is 27.7.